The van der Waals surface area contributed by atoms with Crippen LogP contribution in [0, 0.1) is 0 Å². The maximum atomic E-state index is 8.66. The van der Waals surface area contributed by atoms with Gasteiger partial charge in [-0.05, 0) is 30.4 Å². The summed E-state index contributed by atoms with van der Waals surface area (Å²) in [7, 11) is 0. The van der Waals surface area contributed by atoms with Gasteiger partial charge < -0.3 is 10.4 Å². The largest absolute Gasteiger partial charge is 0.396 e. The SMILES string of the molecule is OCCCCNc1nccc2sccc12. The number of anilines is 1. The summed E-state index contributed by atoms with van der Waals surface area (Å²) < 4.78 is 1.26. The number of pyridine rings is 1. The van der Waals surface area contributed by atoms with E-state index in [1.807, 2.05) is 12.3 Å². The second-order valence-electron chi connectivity index (χ2n) is 3.35. The lowest BCUT2D eigenvalue weighted by Crippen LogP contribution is -2.03. The van der Waals surface area contributed by atoms with Gasteiger partial charge in [0.2, 0.25) is 0 Å². The van der Waals surface area contributed by atoms with Crippen LogP contribution in [0.1, 0.15) is 12.8 Å². The van der Waals surface area contributed by atoms with Crippen molar-refractivity contribution in [3.8, 4) is 0 Å². The van der Waals surface area contributed by atoms with E-state index >= 15 is 0 Å². The standard InChI is InChI=1S/C11H14N2OS/c14-7-2-1-5-12-11-9-4-8-15-10(9)3-6-13-11/h3-4,6,8,14H,1-2,5,7H2,(H,12,13). The molecule has 4 heteroatoms. The number of aromatic nitrogens is 1. The fourth-order valence-electron chi connectivity index (χ4n) is 1.48. The zero-order chi connectivity index (χ0) is 10.5. The third kappa shape index (κ3) is 2.46. The summed E-state index contributed by atoms with van der Waals surface area (Å²) in [5, 5.41) is 15.2. The van der Waals surface area contributed by atoms with Crippen LogP contribution in [0.5, 0.6) is 0 Å². The zero-order valence-corrected chi connectivity index (χ0v) is 9.26. The molecule has 2 heterocycles. The second kappa shape index (κ2) is 5.09. The van der Waals surface area contributed by atoms with Crippen LogP contribution < -0.4 is 5.32 Å². The van der Waals surface area contributed by atoms with Crippen LogP contribution >= 0.6 is 11.3 Å². The van der Waals surface area contributed by atoms with Gasteiger partial charge in [-0.1, -0.05) is 0 Å². The fourth-order valence-corrected chi connectivity index (χ4v) is 2.26. The number of unbranched alkanes of at least 4 members (excludes halogenated alkanes) is 1. The quantitative estimate of drug-likeness (QED) is 0.764. The molecule has 2 N–H and O–H groups in total. The van der Waals surface area contributed by atoms with Gasteiger partial charge in [0.25, 0.3) is 0 Å². The normalized spacial score (nSPS) is 10.7. The molecule has 0 bridgehead atoms. The van der Waals surface area contributed by atoms with E-state index in [2.05, 4.69) is 21.7 Å². The first kappa shape index (κ1) is 10.4. The molecule has 80 valence electrons. The molecule has 0 aliphatic carbocycles. The van der Waals surface area contributed by atoms with Gasteiger partial charge in [-0.25, -0.2) is 4.98 Å². The number of aliphatic hydroxyl groups is 1. The van der Waals surface area contributed by atoms with Gasteiger partial charge in [-0.3, -0.25) is 0 Å². The lowest BCUT2D eigenvalue weighted by molar-refractivity contribution is 0.286. The predicted octanol–water partition coefficient (Wildman–Crippen LogP) is 2.48. The van der Waals surface area contributed by atoms with Gasteiger partial charge in [-0.2, -0.15) is 0 Å². The van der Waals surface area contributed by atoms with E-state index in [4.69, 9.17) is 5.11 Å². The van der Waals surface area contributed by atoms with Gasteiger partial charge in [0.05, 0.1) is 0 Å². The minimum atomic E-state index is 0.262. The molecular formula is C11H14N2OS. The highest BCUT2D eigenvalue weighted by molar-refractivity contribution is 7.17. The Kier molecular flexibility index (Phi) is 3.53. The number of rotatable bonds is 5. The predicted molar refractivity (Wildman–Crippen MR) is 64.4 cm³/mol. The highest BCUT2D eigenvalue weighted by atomic mass is 32.1. The van der Waals surface area contributed by atoms with Crippen LogP contribution in [0.3, 0.4) is 0 Å². The molecule has 0 aliphatic heterocycles. The number of thiophene rings is 1. The van der Waals surface area contributed by atoms with E-state index in [9.17, 15) is 0 Å². The molecule has 3 nitrogen and oxygen atoms in total. The van der Waals surface area contributed by atoms with Gasteiger partial charge in [0.1, 0.15) is 5.82 Å². The Balaban J connectivity index is 2.04. The van der Waals surface area contributed by atoms with Gasteiger partial charge in [0, 0.05) is 29.4 Å². The Morgan fingerprint density at radius 2 is 2.27 bits per heavy atom. The van der Waals surface area contributed by atoms with E-state index in [0.717, 1.165) is 25.2 Å². The highest BCUT2D eigenvalue weighted by Crippen LogP contribution is 2.25. The van der Waals surface area contributed by atoms with Crippen molar-refractivity contribution in [1.29, 1.82) is 0 Å². The van der Waals surface area contributed by atoms with Crippen LogP contribution in [0.2, 0.25) is 0 Å². The maximum absolute atomic E-state index is 8.66. The summed E-state index contributed by atoms with van der Waals surface area (Å²) in [5.74, 6) is 0.951. The van der Waals surface area contributed by atoms with Crippen LogP contribution in [0.25, 0.3) is 10.1 Å². The zero-order valence-electron chi connectivity index (χ0n) is 8.44. The minimum absolute atomic E-state index is 0.262. The fraction of sp³-hybridized carbons (Fsp3) is 0.364. The first-order valence-corrected chi connectivity index (χ1v) is 5.97. The van der Waals surface area contributed by atoms with Crippen LogP contribution in [-0.4, -0.2) is 23.2 Å². The van der Waals surface area contributed by atoms with Crippen LogP contribution in [0.4, 0.5) is 5.82 Å². The number of hydrogen-bond acceptors (Lipinski definition) is 4. The smallest absolute Gasteiger partial charge is 0.134 e. The Hall–Kier alpha value is -1.13. The third-order valence-electron chi connectivity index (χ3n) is 2.26. The summed E-state index contributed by atoms with van der Waals surface area (Å²) >= 11 is 1.73. The second-order valence-corrected chi connectivity index (χ2v) is 4.30. The molecular weight excluding hydrogens is 208 g/mol. The average Bonchev–Trinajstić information content (AvgIpc) is 2.73. The molecule has 2 aromatic rings. The van der Waals surface area contributed by atoms with Crippen molar-refractivity contribution >= 4 is 27.2 Å². The molecule has 0 saturated heterocycles. The average molecular weight is 222 g/mol. The van der Waals surface area contributed by atoms with Crippen molar-refractivity contribution in [2.24, 2.45) is 0 Å². The number of nitrogens with one attached hydrogen (secondary N) is 1. The molecule has 0 aliphatic rings. The lowest BCUT2D eigenvalue weighted by atomic mass is 10.3. The molecule has 0 amide bonds. The number of aliphatic hydroxyl groups excluding tert-OH is 1. The number of fused-ring (bicyclic) bond motifs is 1. The van der Waals surface area contributed by atoms with E-state index in [1.54, 1.807) is 11.3 Å². The van der Waals surface area contributed by atoms with Crippen molar-refractivity contribution in [2.75, 3.05) is 18.5 Å². The van der Waals surface area contributed by atoms with E-state index in [0.29, 0.717) is 0 Å². The number of hydrogen-bond donors (Lipinski definition) is 2. The van der Waals surface area contributed by atoms with Crippen LogP contribution in [-0.2, 0) is 0 Å². The molecule has 0 unspecified atom stereocenters. The molecule has 2 rings (SSSR count). The minimum Gasteiger partial charge on any atom is -0.396 e. The molecule has 0 atom stereocenters. The Morgan fingerprint density at radius 1 is 1.33 bits per heavy atom. The number of nitrogens with zero attached hydrogens (tertiary/aromatic N) is 1. The Morgan fingerprint density at radius 3 is 3.13 bits per heavy atom. The van der Waals surface area contributed by atoms with Gasteiger partial charge in [-0.15, -0.1) is 11.3 Å². The first-order valence-electron chi connectivity index (χ1n) is 5.09. The van der Waals surface area contributed by atoms with Crippen molar-refractivity contribution in [1.82, 2.24) is 4.98 Å². The van der Waals surface area contributed by atoms with Crippen molar-refractivity contribution in [2.45, 2.75) is 12.8 Å². The molecule has 0 fully saturated rings. The summed E-state index contributed by atoms with van der Waals surface area (Å²) in [6, 6.07) is 4.11. The maximum Gasteiger partial charge on any atom is 0.134 e. The van der Waals surface area contributed by atoms with Gasteiger partial charge >= 0.3 is 0 Å². The third-order valence-corrected chi connectivity index (χ3v) is 3.14. The van der Waals surface area contributed by atoms with Crippen molar-refractivity contribution in [3.63, 3.8) is 0 Å². The highest BCUT2D eigenvalue weighted by Gasteiger charge is 2.01. The Labute approximate surface area is 92.8 Å². The van der Waals surface area contributed by atoms with Gasteiger partial charge in [0.15, 0.2) is 0 Å². The van der Waals surface area contributed by atoms with Crippen molar-refractivity contribution in [3.05, 3.63) is 23.7 Å². The molecule has 0 aromatic carbocycles. The summed E-state index contributed by atoms with van der Waals surface area (Å²) in [4.78, 5) is 4.31. The summed E-state index contributed by atoms with van der Waals surface area (Å²) in [6.45, 7) is 1.13. The Bertz CT molecular complexity index is 427. The summed E-state index contributed by atoms with van der Waals surface area (Å²) in [5.41, 5.74) is 0. The molecule has 2 aromatic heterocycles. The first-order chi connectivity index (χ1) is 7.42. The lowest BCUT2D eigenvalue weighted by Gasteiger charge is -2.05. The molecule has 0 spiro atoms. The van der Waals surface area contributed by atoms with E-state index in [1.165, 1.54) is 10.1 Å². The van der Waals surface area contributed by atoms with Crippen LogP contribution in [0.15, 0.2) is 23.7 Å². The topological polar surface area (TPSA) is 45.1 Å². The van der Waals surface area contributed by atoms with E-state index < -0.39 is 0 Å². The molecule has 0 saturated carbocycles. The molecule has 15 heavy (non-hydrogen) atoms. The molecule has 0 radical (unpaired) electrons. The summed E-state index contributed by atoms with van der Waals surface area (Å²) in [6.07, 6.45) is 3.64. The van der Waals surface area contributed by atoms with E-state index in [-0.39, 0.29) is 6.61 Å². The monoisotopic (exact) mass is 222 g/mol. The van der Waals surface area contributed by atoms with Crippen molar-refractivity contribution < 1.29 is 5.11 Å².